The Morgan fingerprint density at radius 1 is 1.00 bits per heavy atom. The second kappa shape index (κ2) is 10.1. The molecule has 0 amide bonds. The fraction of sp³-hybridized carbons (Fsp3) is 0.652. The number of hydrogen-bond acceptors (Lipinski definition) is 8. The molecule has 8 nitrogen and oxygen atoms in total. The highest BCUT2D eigenvalue weighted by Gasteiger charge is 2.30. The lowest BCUT2D eigenvalue weighted by molar-refractivity contribution is 0.0246. The zero-order valence-electron chi connectivity index (χ0n) is 18.3. The Balaban J connectivity index is 1.19. The highest BCUT2D eigenvalue weighted by molar-refractivity contribution is 5.37. The number of piperidine rings is 1. The van der Waals surface area contributed by atoms with E-state index >= 15 is 0 Å². The molecule has 0 radical (unpaired) electrons. The monoisotopic (exact) mass is 446 g/mol. The Morgan fingerprint density at radius 2 is 1.84 bits per heavy atom. The molecule has 32 heavy (non-hydrogen) atoms. The third-order valence-electron chi connectivity index (χ3n) is 6.83. The third kappa shape index (κ3) is 5.05. The Kier molecular flexibility index (Phi) is 6.85. The molecule has 0 bridgehead atoms. The van der Waals surface area contributed by atoms with E-state index < -0.39 is 0 Å². The van der Waals surface area contributed by atoms with Crippen molar-refractivity contribution in [1.82, 2.24) is 15.1 Å². The molecule has 0 spiro atoms. The zero-order chi connectivity index (χ0) is 21.8. The van der Waals surface area contributed by atoms with Crippen LogP contribution in [0, 0.1) is 5.82 Å². The second-order valence-corrected chi connectivity index (χ2v) is 8.85. The summed E-state index contributed by atoms with van der Waals surface area (Å²) in [5, 5.41) is 7.74. The Labute approximate surface area is 187 Å². The predicted molar refractivity (Wildman–Crippen MR) is 115 cm³/mol. The van der Waals surface area contributed by atoms with Crippen molar-refractivity contribution in [3.63, 3.8) is 0 Å². The lowest BCUT2D eigenvalue weighted by Crippen LogP contribution is -2.43. The summed E-state index contributed by atoms with van der Waals surface area (Å²) in [6.07, 6.45) is 6.21. The fourth-order valence-electron chi connectivity index (χ4n) is 4.99. The van der Waals surface area contributed by atoms with Gasteiger partial charge in [-0.25, -0.2) is 4.39 Å². The summed E-state index contributed by atoms with van der Waals surface area (Å²) >= 11 is 0. The molecule has 0 aliphatic carbocycles. The van der Waals surface area contributed by atoms with E-state index in [2.05, 4.69) is 15.1 Å². The molecule has 3 aliphatic rings. The number of nitrogens with zero attached hydrogens (tertiary/aromatic N) is 4. The minimum Gasteiger partial charge on any atom is -0.490 e. The summed E-state index contributed by atoms with van der Waals surface area (Å²) < 4.78 is 37.1. The average Bonchev–Trinajstić information content (AvgIpc) is 3.26. The van der Waals surface area contributed by atoms with Gasteiger partial charge in [0, 0.05) is 31.0 Å². The normalized spacial score (nSPS) is 24.4. The molecule has 3 saturated heterocycles. The van der Waals surface area contributed by atoms with Gasteiger partial charge in [0.1, 0.15) is 24.4 Å². The van der Waals surface area contributed by atoms with Crippen LogP contribution in [0.15, 0.2) is 29.0 Å². The van der Waals surface area contributed by atoms with E-state index in [4.69, 9.17) is 18.6 Å². The topological polar surface area (TPSA) is 73.1 Å². The molecule has 1 aromatic carbocycles. The van der Waals surface area contributed by atoms with Crippen LogP contribution in [0.4, 0.5) is 10.4 Å². The molecule has 4 heterocycles. The summed E-state index contributed by atoms with van der Waals surface area (Å²) in [5.41, 5.74) is 1.01. The SMILES string of the molecule is Fc1ccc(OC2CCOCC2)c(C2CCN([C@@H]3CCN(c4nnco4)COC3)CC2)c1. The minimum atomic E-state index is -0.194. The van der Waals surface area contributed by atoms with Crippen LogP contribution in [-0.2, 0) is 9.47 Å². The van der Waals surface area contributed by atoms with Crippen molar-refractivity contribution in [2.75, 3.05) is 51.1 Å². The summed E-state index contributed by atoms with van der Waals surface area (Å²) in [4.78, 5) is 4.48. The first-order valence-corrected chi connectivity index (χ1v) is 11.6. The summed E-state index contributed by atoms with van der Waals surface area (Å²) in [5.74, 6) is 0.947. The van der Waals surface area contributed by atoms with Crippen LogP contribution in [0.2, 0.25) is 0 Å². The molecule has 5 rings (SSSR count). The fourth-order valence-corrected chi connectivity index (χ4v) is 4.99. The predicted octanol–water partition coefficient (Wildman–Crippen LogP) is 3.20. The quantitative estimate of drug-likeness (QED) is 0.693. The summed E-state index contributed by atoms with van der Waals surface area (Å²) in [6.45, 7) is 5.36. The van der Waals surface area contributed by atoms with E-state index in [0.717, 1.165) is 76.3 Å². The molecule has 1 aromatic heterocycles. The Bertz CT molecular complexity index is 854. The first-order chi connectivity index (χ1) is 15.8. The van der Waals surface area contributed by atoms with Crippen LogP contribution >= 0.6 is 0 Å². The molecule has 0 saturated carbocycles. The third-order valence-corrected chi connectivity index (χ3v) is 6.83. The molecule has 1 atom stereocenters. The summed E-state index contributed by atoms with van der Waals surface area (Å²) in [7, 11) is 0. The molecular formula is C23H31FN4O4. The molecule has 9 heteroatoms. The van der Waals surface area contributed by atoms with E-state index in [0.29, 0.717) is 31.3 Å². The Hall–Kier alpha value is -2.23. The van der Waals surface area contributed by atoms with Crippen LogP contribution in [0.25, 0.3) is 0 Å². The van der Waals surface area contributed by atoms with Crippen molar-refractivity contribution < 1.29 is 23.0 Å². The standard InChI is InChI=1S/C23H31FN4O4/c24-18-1-2-22(32-20-6-11-29-12-7-20)21(13-18)17-3-8-27(9-4-17)19-5-10-28(16-30-14-19)23-26-25-15-31-23/h1-2,13,15,17,19-20H,3-12,14,16H2/t19-/m1/s1. The second-order valence-electron chi connectivity index (χ2n) is 8.85. The van der Waals surface area contributed by atoms with Crippen molar-refractivity contribution in [3.8, 4) is 5.75 Å². The van der Waals surface area contributed by atoms with Crippen molar-refractivity contribution in [3.05, 3.63) is 36.0 Å². The van der Waals surface area contributed by atoms with Gasteiger partial charge in [-0.05, 0) is 56.5 Å². The van der Waals surface area contributed by atoms with Crippen molar-refractivity contribution in [1.29, 1.82) is 0 Å². The van der Waals surface area contributed by atoms with Gasteiger partial charge in [0.25, 0.3) is 0 Å². The van der Waals surface area contributed by atoms with E-state index in [9.17, 15) is 4.39 Å². The molecule has 174 valence electrons. The van der Waals surface area contributed by atoms with E-state index in [1.165, 1.54) is 12.5 Å². The number of benzene rings is 1. The van der Waals surface area contributed by atoms with Gasteiger partial charge >= 0.3 is 6.01 Å². The summed E-state index contributed by atoms with van der Waals surface area (Å²) in [6, 6.07) is 5.84. The zero-order valence-corrected chi connectivity index (χ0v) is 18.3. The first kappa shape index (κ1) is 21.6. The number of hydrogen-bond donors (Lipinski definition) is 0. The van der Waals surface area contributed by atoms with Gasteiger partial charge in [0.05, 0.1) is 19.8 Å². The largest absolute Gasteiger partial charge is 0.490 e. The maximum atomic E-state index is 14.1. The van der Waals surface area contributed by atoms with Crippen LogP contribution < -0.4 is 9.64 Å². The highest BCUT2D eigenvalue weighted by Crippen LogP contribution is 2.36. The van der Waals surface area contributed by atoms with Crippen LogP contribution in [0.3, 0.4) is 0 Å². The molecule has 0 N–H and O–H groups in total. The number of anilines is 1. The van der Waals surface area contributed by atoms with Crippen LogP contribution in [0.1, 0.15) is 43.6 Å². The van der Waals surface area contributed by atoms with Crippen LogP contribution in [0.5, 0.6) is 5.75 Å². The number of likely N-dealkylation sites (tertiary alicyclic amines) is 1. The molecule has 2 aromatic rings. The van der Waals surface area contributed by atoms with Gasteiger partial charge in [-0.3, -0.25) is 4.90 Å². The van der Waals surface area contributed by atoms with Crippen molar-refractivity contribution in [2.45, 2.75) is 50.2 Å². The number of halogens is 1. The van der Waals surface area contributed by atoms with Gasteiger partial charge in [-0.2, -0.15) is 0 Å². The van der Waals surface area contributed by atoms with E-state index in [1.54, 1.807) is 12.1 Å². The smallest absolute Gasteiger partial charge is 0.319 e. The maximum absolute atomic E-state index is 14.1. The molecule has 3 aliphatic heterocycles. The lowest BCUT2D eigenvalue weighted by Gasteiger charge is -2.37. The number of aromatic nitrogens is 2. The van der Waals surface area contributed by atoms with Crippen LogP contribution in [-0.4, -0.2) is 73.4 Å². The average molecular weight is 447 g/mol. The maximum Gasteiger partial charge on any atom is 0.319 e. The number of rotatable bonds is 5. The molecular weight excluding hydrogens is 415 g/mol. The minimum absolute atomic E-state index is 0.151. The Morgan fingerprint density at radius 3 is 2.62 bits per heavy atom. The van der Waals surface area contributed by atoms with E-state index in [1.807, 2.05) is 4.90 Å². The van der Waals surface area contributed by atoms with Crippen molar-refractivity contribution in [2.24, 2.45) is 0 Å². The van der Waals surface area contributed by atoms with Gasteiger partial charge < -0.3 is 23.5 Å². The number of ether oxygens (including phenoxy) is 3. The molecule has 0 unspecified atom stereocenters. The first-order valence-electron chi connectivity index (χ1n) is 11.6. The highest BCUT2D eigenvalue weighted by atomic mass is 19.1. The lowest BCUT2D eigenvalue weighted by atomic mass is 9.88. The van der Waals surface area contributed by atoms with Crippen molar-refractivity contribution >= 4 is 6.01 Å². The van der Waals surface area contributed by atoms with Gasteiger partial charge in [0.2, 0.25) is 6.39 Å². The van der Waals surface area contributed by atoms with Gasteiger partial charge in [-0.1, -0.05) is 5.10 Å². The van der Waals surface area contributed by atoms with Gasteiger partial charge in [0.15, 0.2) is 0 Å². The van der Waals surface area contributed by atoms with Gasteiger partial charge in [-0.15, -0.1) is 5.10 Å². The van der Waals surface area contributed by atoms with E-state index in [-0.39, 0.29) is 11.9 Å². The molecule has 3 fully saturated rings.